The molecule has 0 radical (unpaired) electrons. The molecule has 0 bridgehead atoms. The minimum atomic E-state index is -0.453. The lowest BCUT2D eigenvalue weighted by molar-refractivity contribution is 0.0602. The van der Waals surface area contributed by atoms with Gasteiger partial charge in [0, 0.05) is 18.0 Å². The maximum Gasteiger partial charge on any atom is 0.340 e. The molecule has 0 unspecified atom stereocenters. The van der Waals surface area contributed by atoms with Crippen molar-refractivity contribution < 1.29 is 9.53 Å². The Morgan fingerprint density at radius 3 is 2.88 bits per heavy atom. The van der Waals surface area contributed by atoms with Gasteiger partial charge in [0.2, 0.25) is 0 Å². The number of carbonyl (C=O) groups excluding carboxylic acids is 1. The lowest BCUT2D eigenvalue weighted by atomic mass is 10.1. The van der Waals surface area contributed by atoms with E-state index in [1.807, 2.05) is 6.26 Å². The van der Waals surface area contributed by atoms with Crippen LogP contribution in [0.4, 0.5) is 11.4 Å². The first-order valence-corrected chi connectivity index (χ1v) is 6.77. The first-order valence-electron chi connectivity index (χ1n) is 5.00. The second-order valence-electron chi connectivity index (χ2n) is 3.34. The number of rotatable bonds is 5. The molecule has 0 aliphatic heterocycles. The highest BCUT2D eigenvalue weighted by molar-refractivity contribution is 7.98. The van der Waals surface area contributed by atoms with E-state index >= 15 is 0 Å². The van der Waals surface area contributed by atoms with Gasteiger partial charge in [-0.2, -0.15) is 11.8 Å². The summed E-state index contributed by atoms with van der Waals surface area (Å²) in [6.45, 7) is 0.717. The number of carbonyl (C=O) groups is 1. The zero-order valence-electron chi connectivity index (χ0n) is 9.75. The fraction of sp³-hybridized carbons (Fsp3) is 0.364. The van der Waals surface area contributed by atoms with E-state index in [1.54, 1.807) is 23.9 Å². The van der Waals surface area contributed by atoms with Crippen LogP contribution in [0.5, 0.6) is 0 Å². The number of halogens is 1. The fourth-order valence-electron chi connectivity index (χ4n) is 1.36. The van der Waals surface area contributed by atoms with E-state index < -0.39 is 5.97 Å². The number of nitrogens with two attached hydrogens (primary N) is 1. The van der Waals surface area contributed by atoms with Crippen molar-refractivity contribution in [2.24, 2.45) is 0 Å². The average molecular weight is 275 g/mol. The van der Waals surface area contributed by atoms with E-state index in [0.29, 0.717) is 22.0 Å². The molecule has 0 heterocycles. The van der Waals surface area contributed by atoms with Crippen molar-refractivity contribution >= 4 is 40.7 Å². The molecule has 1 aromatic rings. The van der Waals surface area contributed by atoms with Gasteiger partial charge >= 0.3 is 5.97 Å². The summed E-state index contributed by atoms with van der Waals surface area (Å²) in [6, 6.07) is 3.16. The second-order valence-corrected chi connectivity index (χ2v) is 4.73. The quantitative estimate of drug-likeness (QED) is 0.491. The summed E-state index contributed by atoms with van der Waals surface area (Å²) < 4.78 is 4.69. The van der Waals surface area contributed by atoms with Crippen molar-refractivity contribution in [2.75, 3.05) is 36.7 Å². The molecule has 0 saturated heterocycles. The highest BCUT2D eigenvalue weighted by Crippen LogP contribution is 2.29. The van der Waals surface area contributed by atoms with E-state index in [1.165, 1.54) is 7.11 Å². The Morgan fingerprint density at radius 2 is 2.29 bits per heavy atom. The van der Waals surface area contributed by atoms with Crippen molar-refractivity contribution in [3.63, 3.8) is 0 Å². The molecule has 94 valence electrons. The SMILES string of the molecule is COC(=O)c1cc(N)cc(Cl)c1NCCSC. The van der Waals surface area contributed by atoms with E-state index in [9.17, 15) is 4.79 Å². The zero-order valence-corrected chi connectivity index (χ0v) is 11.3. The predicted molar refractivity (Wildman–Crippen MR) is 74.1 cm³/mol. The first-order chi connectivity index (χ1) is 8.10. The van der Waals surface area contributed by atoms with Crippen LogP contribution in [-0.2, 0) is 4.74 Å². The van der Waals surface area contributed by atoms with Crippen molar-refractivity contribution in [3.8, 4) is 0 Å². The largest absolute Gasteiger partial charge is 0.465 e. The van der Waals surface area contributed by atoms with E-state index in [-0.39, 0.29) is 0 Å². The van der Waals surface area contributed by atoms with Crippen LogP contribution in [-0.4, -0.2) is 31.6 Å². The molecule has 1 aromatic carbocycles. The number of anilines is 2. The number of hydrogen-bond acceptors (Lipinski definition) is 5. The molecule has 4 nitrogen and oxygen atoms in total. The van der Waals surface area contributed by atoms with Crippen molar-refractivity contribution in [2.45, 2.75) is 0 Å². The molecule has 0 spiro atoms. The number of benzene rings is 1. The summed E-state index contributed by atoms with van der Waals surface area (Å²) in [6.07, 6.45) is 2.01. The smallest absolute Gasteiger partial charge is 0.340 e. The highest BCUT2D eigenvalue weighted by Gasteiger charge is 2.15. The molecule has 3 N–H and O–H groups in total. The summed E-state index contributed by atoms with van der Waals surface area (Å²) in [4.78, 5) is 11.6. The molecule has 0 aliphatic rings. The Balaban J connectivity index is 3.03. The van der Waals surface area contributed by atoms with E-state index in [4.69, 9.17) is 22.1 Å². The maximum atomic E-state index is 11.6. The minimum absolute atomic E-state index is 0.360. The zero-order chi connectivity index (χ0) is 12.8. The molecule has 0 aliphatic carbocycles. The first kappa shape index (κ1) is 14.0. The molecule has 1 rings (SSSR count). The molecule has 0 aromatic heterocycles. The van der Waals surface area contributed by atoms with Gasteiger partial charge in [-0.1, -0.05) is 11.6 Å². The van der Waals surface area contributed by atoms with Gasteiger partial charge in [-0.15, -0.1) is 0 Å². The highest BCUT2D eigenvalue weighted by atomic mass is 35.5. The standard InChI is InChI=1S/C11H15ClN2O2S/c1-16-11(15)8-5-7(13)6-9(12)10(8)14-3-4-17-2/h5-6,14H,3-4,13H2,1-2H3. The molecule has 0 atom stereocenters. The van der Waals surface area contributed by atoms with Crippen LogP contribution in [0.1, 0.15) is 10.4 Å². The Morgan fingerprint density at radius 1 is 1.59 bits per heavy atom. The molecule has 0 saturated carbocycles. The molecule has 17 heavy (non-hydrogen) atoms. The van der Waals surface area contributed by atoms with Gasteiger partial charge in [0.1, 0.15) is 0 Å². The van der Waals surface area contributed by atoms with Crippen LogP contribution in [0.25, 0.3) is 0 Å². The Labute approximate surface area is 110 Å². The number of hydrogen-bond donors (Lipinski definition) is 2. The predicted octanol–water partition coefficient (Wildman–Crippen LogP) is 2.48. The summed E-state index contributed by atoms with van der Waals surface area (Å²) in [7, 11) is 1.32. The third-order valence-corrected chi connectivity index (χ3v) is 3.04. The van der Waals surface area contributed by atoms with Crippen LogP contribution >= 0.6 is 23.4 Å². The summed E-state index contributed by atoms with van der Waals surface area (Å²) in [5.41, 5.74) is 7.02. The van der Waals surface area contributed by atoms with Gasteiger partial charge in [-0.25, -0.2) is 4.79 Å². The second kappa shape index (κ2) is 6.61. The summed E-state index contributed by atoms with van der Waals surface area (Å²) in [5.74, 6) is 0.465. The normalized spacial score (nSPS) is 10.1. The van der Waals surface area contributed by atoms with E-state index in [2.05, 4.69) is 5.32 Å². The van der Waals surface area contributed by atoms with E-state index in [0.717, 1.165) is 12.3 Å². The third-order valence-electron chi connectivity index (χ3n) is 2.13. The van der Waals surface area contributed by atoms with Crippen LogP contribution in [0.3, 0.4) is 0 Å². The molecular formula is C11H15ClN2O2S. The Bertz CT molecular complexity index is 413. The summed E-state index contributed by atoms with van der Waals surface area (Å²) >= 11 is 7.76. The Kier molecular flexibility index (Phi) is 5.44. The van der Waals surface area contributed by atoms with Crippen molar-refractivity contribution in [1.29, 1.82) is 0 Å². The molecule has 6 heteroatoms. The number of nitrogens with one attached hydrogen (secondary N) is 1. The molecule has 0 fully saturated rings. The minimum Gasteiger partial charge on any atom is -0.465 e. The number of esters is 1. The van der Waals surface area contributed by atoms with Crippen LogP contribution < -0.4 is 11.1 Å². The third kappa shape index (κ3) is 3.71. The summed E-state index contributed by atoms with van der Waals surface area (Å²) in [5, 5.41) is 3.54. The van der Waals surface area contributed by atoms with Crippen molar-refractivity contribution in [3.05, 3.63) is 22.7 Å². The van der Waals surface area contributed by atoms with Gasteiger partial charge in [-0.3, -0.25) is 0 Å². The lowest BCUT2D eigenvalue weighted by Crippen LogP contribution is -2.11. The molecular weight excluding hydrogens is 260 g/mol. The fourth-order valence-corrected chi connectivity index (χ4v) is 1.96. The van der Waals surface area contributed by atoms with Crippen LogP contribution in [0.2, 0.25) is 5.02 Å². The average Bonchev–Trinajstić information content (AvgIpc) is 2.30. The van der Waals surface area contributed by atoms with Crippen LogP contribution in [0.15, 0.2) is 12.1 Å². The Hall–Kier alpha value is -1.07. The molecule has 0 amide bonds. The van der Waals surface area contributed by atoms with Gasteiger partial charge in [0.25, 0.3) is 0 Å². The van der Waals surface area contributed by atoms with Crippen LogP contribution in [0, 0.1) is 0 Å². The lowest BCUT2D eigenvalue weighted by Gasteiger charge is -2.13. The number of methoxy groups -OCH3 is 1. The topological polar surface area (TPSA) is 64.3 Å². The van der Waals surface area contributed by atoms with Gasteiger partial charge in [0.05, 0.1) is 23.4 Å². The number of ether oxygens (including phenoxy) is 1. The monoisotopic (exact) mass is 274 g/mol. The number of nitrogen functional groups attached to an aromatic ring is 1. The maximum absolute atomic E-state index is 11.6. The van der Waals surface area contributed by atoms with Gasteiger partial charge in [-0.05, 0) is 18.4 Å². The number of thioether (sulfide) groups is 1. The van der Waals surface area contributed by atoms with Gasteiger partial charge in [0.15, 0.2) is 0 Å². The van der Waals surface area contributed by atoms with Gasteiger partial charge < -0.3 is 15.8 Å². The van der Waals surface area contributed by atoms with Crippen molar-refractivity contribution in [1.82, 2.24) is 0 Å².